The van der Waals surface area contributed by atoms with Crippen LogP contribution in [0.15, 0.2) is 152 Å². The average molecular weight is 505 g/mol. The number of rotatable bonds is 7. The van der Waals surface area contributed by atoms with E-state index in [9.17, 15) is 0 Å². The predicted molar refractivity (Wildman–Crippen MR) is 161 cm³/mol. The third kappa shape index (κ3) is 5.92. The number of para-hydroxylation sites is 2. The van der Waals surface area contributed by atoms with E-state index >= 15 is 0 Å². The molecule has 0 spiro atoms. The molecule has 6 aromatic rings. The molecule has 0 atom stereocenters. The van der Waals surface area contributed by atoms with E-state index in [4.69, 9.17) is 9.47 Å². The van der Waals surface area contributed by atoms with Gasteiger partial charge in [0.15, 0.2) is 0 Å². The van der Waals surface area contributed by atoms with Crippen LogP contribution in [0.4, 0.5) is 0 Å². The van der Waals surface area contributed by atoms with Gasteiger partial charge in [-0.2, -0.15) is 0 Å². The number of ether oxygens (including phenoxy) is 2. The molecule has 0 saturated heterocycles. The van der Waals surface area contributed by atoms with E-state index in [0.29, 0.717) is 0 Å². The van der Waals surface area contributed by atoms with Crippen LogP contribution in [0, 0.1) is 6.92 Å². The summed E-state index contributed by atoms with van der Waals surface area (Å²) in [6.45, 7) is 2.13. The van der Waals surface area contributed by atoms with Crippen molar-refractivity contribution in [2.24, 2.45) is 0 Å². The Balaban J connectivity index is 1.42. The molecule has 0 radical (unpaired) electrons. The summed E-state index contributed by atoms with van der Waals surface area (Å²) >= 11 is 0. The van der Waals surface area contributed by atoms with E-state index in [0.717, 1.165) is 50.8 Å². The zero-order valence-electron chi connectivity index (χ0n) is 21.8. The van der Waals surface area contributed by atoms with E-state index in [1.165, 1.54) is 11.1 Å². The summed E-state index contributed by atoms with van der Waals surface area (Å²) in [5.74, 6) is 3.25. The first-order valence-corrected chi connectivity index (χ1v) is 13.1. The molecule has 2 nitrogen and oxygen atoms in total. The number of benzene rings is 6. The summed E-state index contributed by atoms with van der Waals surface area (Å²) in [6, 6.07) is 51.7. The maximum absolute atomic E-state index is 6.14. The normalized spacial score (nSPS) is 10.7. The molecule has 0 aromatic heterocycles. The third-order valence-corrected chi connectivity index (χ3v) is 6.58. The van der Waals surface area contributed by atoms with Crippen LogP contribution in [0.2, 0.25) is 0 Å². The molecule has 0 saturated carbocycles. The standard InChI is InChI=1S/C37H28O2/c1-27-11-8-12-28(21-27)31-22-32(29-13-9-19-36(25-29)38-34-15-4-2-5-16-34)24-33(23-31)30-14-10-20-37(26-30)39-35-17-6-3-7-18-35/h2-26H,1H3. The van der Waals surface area contributed by atoms with Gasteiger partial charge in [-0.1, -0.05) is 90.5 Å². The summed E-state index contributed by atoms with van der Waals surface area (Å²) in [6.07, 6.45) is 0. The van der Waals surface area contributed by atoms with Crippen LogP contribution in [-0.4, -0.2) is 0 Å². The lowest BCUT2D eigenvalue weighted by Crippen LogP contribution is -1.89. The molecule has 0 amide bonds. The SMILES string of the molecule is Cc1cccc(-c2cc(-c3cccc(Oc4ccccc4)c3)cc(-c3cccc(Oc4ccccc4)c3)c2)c1. The Kier molecular flexibility index (Phi) is 6.92. The van der Waals surface area contributed by atoms with Gasteiger partial charge in [0.05, 0.1) is 0 Å². The molecule has 0 unspecified atom stereocenters. The summed E-state index contributed by atoms with van der Waals surface area (Å²) in [7, 11) is 0. The van der Waals surface area contributed by atoms with Crippen LogP contribution < -0.4 is 9.47 Å². The quantitative estimate of drug-likeness (QED) is 0.215. The van der Waals surface area contributed by atoms with Crippen LogP contribution in [0.3, 0.4) is 0 Å². The van der Waals surface area contributed by atoms with Crippen LogP contribution in [0.1, 0.15) is 5.56 Å². The summed E-state index contributed by atoms with van der Waals surface area (Å²) in [5.41, 5.74) is 8.01. The second kappa shape index (κ2) is 11.1. The number of hydrogen-bond donors (Lipinski definition) is 0. The maximum atomic E-state index is 6.14. The van der Waals surface area contributed by atoms with E-state index < -0.39 is 0 Å². The fraction of sp³-hybridized carbons (Fsp3) is 0.0270. The van der Waals surface area contributed by atoms with E-state index in [2.05, 4.69) is 73.7 Å². The fourth-order valence-electron chi connectivity index (χ4n) is 4.68. The Bertz CT molecular complexity index is 1600. The molecule has 0 aliphatic carbocycles. The molecule has 39 heavy (non-hydrogen) atoms. The second-order valence-electron chi connectivity index (χ2n) is 9.55. The minimum Gasteiger partial charge on any atom is -0.457 e. The molecule has 0 heterocycles. The zero-order chi connectivity index (χ0) is 26.4. The molecular weight excluding hydrogens is 476 g/mol. The Hall–Kier alpha value is -5.08. The first-order valence-electron chi connectivity index (χ1n) is 13.1. The van der Waals surface area contributed by atoms with Gasteiger partial charge in [-0.25, -0.2) is 0 Å². The largest absolute Gasteiger partial charge is 0.457 e. The van der Waals surface area contributed by atoms with Gasteiger partial charge in [-0.3, -0.25) is 0 Å². The van der Waals surface area contributed by atoms with Crippen LogP contribution in [-0.2, 0) is 0 Å². The van der Waals surface area contributed by atoms with Crippen molar-refractivity contribution >= 4 is 0 Å². The first kappa shape index (κ1) is 24.3. The van der Waals surface area contributed by atoms with Crippen molar-refractivity contribution in [3.05, 3.63) is 157 Å². The Labute approximate surface area is 229 Å². The minimum absolute atomic E-state index is 0.805. The third-order valence-electron chi connectivity index (χ3n) is 6.58. The summed E-state index contributed by atoms with van der Waals surface area (Å²) in [4.78, 5) is 0. The Morgan fingerprint density at radius 2 is 0.692 bits per heavy atom. The second-order valence-corrected chi connectivity index (χ2v) is 9.55. The highest BCUT2D eigenvalue weighted by Crippen LogP contribution is 2.36. The number of hydrogen-bond acceptors (Lipinski definition) is 2. The average Bonchev–Trinajstić information content (AvgIpc) is 2.98. The van der Waals surface area contributed by atoms with Crippen molar-refractivity contribution in [3.63, 3.8) is 0 Å². The van der Waals surface area contributed by atoms with Crippen molar-refractivity contribution in [2.45, 2.75) is 6.92 Å². The predicted octanol–water partition coefficient (Wildman–Crippen LogP) is 10.6. The Morgan fingerprint density at radius 1 is 0.308 bits per heavy atom. The van der Waals surface area contributed by atoms with Crippen LogP contribution >= 0.6 is 0 Å². The zero-order valence-corrected chi connectivity index (χ0v) is 21.8. The minimum atomic E-state index is 0.805. The van der Waals surface area contributed by atoms with Crippen molar-refractivity contribution in [1.29, 1.82) is 0 Å². The highest BCUT2D eigenvalue weighted by Gasteiger charge is 2.10. The van der Waals surface area contributed by atoms with Gasteiger partial charge in [0.1, 0.15) is 23.0 Å². The number of aryl methyl sites for hydroxylation is 1. The summed E-state index contributed by atoms with van der Waals surface area (Å²) < 4.78 is 12.3. The molecule has 2 heteroatoms. The lowest BCUT2D eigenvalue weighted by molar-refractivity contribution is 0.482. The molecule has 0 N–H and O–H groups in total. The van der Waals surface area contributed by atoms with E-state index in [-0.39, 0.29) is 0 Å². The van der Waals surface area contributed by atoms with Crippen LogP contribution in [0.25, 0.3) is 33.4 Å². The van der Waals surface area contributed by atoms with Gasteiger partial charge < -0.3 is 9.47 Å². The summed E-state index contributed by atoms with van der Waals surface area (Å²) in [5, 5.41) is 0. The maximum Gasteiger partial charge on any atom is 0.128 e. The highest BCUT2D eigenvalue weighted by molar-refractivity contribution is 5.82. The molecule has 0 bridgehead atoms. The molecular formula is C37H28O2. The molecule has 0 fully saturated rings. The van der Waals surface area contributed by atoms with Crippen molar-refractivity contribution in [3.8, 4) is 56.4 Å². The van der Waals surface area contributed by atoms with E-state index in [1.807, 2.05) is 84.9 Å². The van der Waals surface area contributed by atoms with Gasteiger partial charge in [-0.15, -0.1) is 0 Å². The van der Waals surface area contributed by atoms with Crippen molar-refractivity contribution in [2.75, 3.05) is 0 Å². The molecule has 6 rings (SSSR count). The molecule has 0 aliphatic heterocycles. The van der Waals surface area contributed by atoms with Gasteiger partial charge in [0.25, 0.3) is 0 Å². The van der Waals surface area contributed by atoms with Crippen molar-refractivity contribution < 1.29 is 9.47 Å². The van der Waals surface area contributed by atoms with Gasteiger partial charge in [0, 0.05) is 0 Å². The van der Waals surface area contributed by atoms with Gasteiger partial charge in [-0.05, 0) is 107 Å². The monoisotopic (exact) mass is 504 g/mol. The van der Waals surface area contributed by atoms with Gasteiger partial charge >= 0.3 is 0 Å². The Morgan fingerprint density at radius 3 is 1.13 bits per heavy atom. The molecule has 188 valence electrons. The van der Waals surface area contributed by atoms with Gasteiger partial charge in [0.2, 0.25) is 0 Å². The fourth-order valence-corrected chi connectivity index (χ4v) is 4.68. The van der Waals surface area contributed by atoms with E-state index in [1.54, 1.807) is 0 Å². The lowest BCUT2D eigenvalue weighted by Gasteiger charge is -2.14. The topological polar surface area (TPSA) is 18.5 Å². The van der Waals surface area contributed by atoms with Crippen molar-refractivity contribution in [1.82, 2.24) is 0 Å². The lowest BCUT2D eigenvalue weighted by atomic mass is 9.93. The smallest absolute Gasteiger partial charge is 0.128 e. The highest BCUT2D eigenvalue weighted by atomic mass is 16.5. The molecule has 6 aromatic carbocycles. The van der Waals surface area contributed by atoms with Crippen LogP contribution in [0.5, 0.6) is 23.0 Å². The molecule has 0 aliphatic rings. The first-order chi connectivity index (χ1) is 19.2.